The number of aryl methyl sites for hydroxylation is 2. The van der Waals surface area contributed by atoms with Crippen LogP contribution in [0.2, 0.25) is 4.34 Å². The van der Waals surface area contributed by atoms with Gasteiger partial charge < -0.3 is 5.32 Å². The largest absolute Gasteiger partial charge is 0.310 e. The van der Waals surface area contributed by atoms with Gasteiger partial charge >= 0.3 is 0 Å². The van der Waals surface area contributed by atoms with E-state index >= 15 is 0 Å². The molecule has 1 nitrogen and oxygen atoms in total. The van der Waals surface area contributed by atoms with Gasteiger partial charge in [0.1, 0.15) is 0 Å². The molecule has 1 aliphatic rings. The standard InChI is InChI=1S/C16H18ClNS/c1-11-4-2-3-5-12(11)8-9-18-14-6-7-15-13(14)10-16(17)19-15/h2-5,10,14,18H,6-9H2,1H3. The average molecular weight is 292 g/mol. The Morgan fingerprint density at radius 2 is 2.21 bits per heavy atom. The Kier molecular flexibility index (Phi) is 3.92. The molecule has 1 aliphatic carbocycles. The Hall–Kier alpha value is -0.830. The smallest absolute Gasteiger partial charge is 0.0934 e. The Morgan fingerprint density at radius 1 is 1.37 bits per heavy atom. The number of hydrogen-bond donors (Lipinski definition) is 1. The first-order chi connectivity index (χ1) is 9.24. The molecule has 0 amide bonds. The second-order valence-corrected chi connectivity index (χ2v) is 6.92. The molecule has 0 fully saturated rings. The third-order valence-corrected chi connectivity index (χ3v) is 5.23. The molecule has 100 valence electrons. The maximum Gasteiger partial charge on any atom is 0.0934 e. The fourth-order valence-electron chi connectivity index (χ4n) is 2.81. The van der Waals surface area contributed by atoms with Crippen LogP contribution in [0.4, 0.5) is 0 Å². The summed E-state index contributed by atoms with van der Waals surface area (Å²) in [5, 5.41) is 3.67. The molecule has 19 heavy (non-hydrogen) atoms. The van der Waals surface area contributed by atoms with E-state index in [1.54, 1.807) is 11.3 Å². The van der Waals surface area contributed by atoms with Gasteiger partial charge in [-0.1, -0.05) is 35.9 Å². The first kappa shape index (κ1) is 13.2. The van der Waals surface area contributed by atoms with Crippen molar-refractivity contribution in [3.8, 4) is 0 Å². The van der Waals surface area contributed by atoms with Crippen molar-refractivity contribution in [1.82, 2.24) is 5.32 Å². The van der Waals surface area contributed by atoms with Crippen LogP contribution in [0.3, 0.4) is 0 Å². The van der Waals surface area contributed by atoms with E-state index in [0.29, 0.717) is 6.04 Å². The minimum atomic E-state index is 0.503. The van der Waals surface area contributed by atoms with Crippen molar-refractivity contribution in [2.45, 2.75) is 32.2 Å². The molecule has 1 unspecified atom stereocenters. The number of halogens is 1. The molecule has 1 heterocycles. The summed E-state index contributed by atoms with van der Waals surface area (Å²) in [5.74, 6) is 0. The minimum absolute atomic E-state index is 0.503. The molecule has 1 aromatic heterocycles. The van der Waals surface area contributed by atoms with Gasteiger partial charge in [0.05, 0.1) is 4.34 Å². The highest BCUT2D eigenvalue weighted by atomic mass is 35.5. The van der Waals surface area contributed by atoms with Crippen molar-refractivity contribution in [3.63, 3.8) is 0 Å². The van der Waals surface area contributed by atoms with E-state index in [1.807, 2.05) is 0 Å². The summed E-state index contributed by atoms with van der Waals surface area (Å²) >= 11 is 7.82. The van der Waals surface area contributed by atoms with Crippen LogP contribution in [0.15, 0.2) is 30.3 Å². The van der Waals surface area contributed by atoms with Crippen LogP contribution in [0.5, 0.6) is 0 Å². The SMILES string of the molecule is Cc1ccccc1CCNC1CCc2sc(Cl)cc21. The van der Waals surface area contributed by atoms with Gasteiger partial charge in [-0.25, -0.2) is 0 Å². The van der Waals surface area contributed by atoms with Crippen LogP contribution >= 0.6 is 22.9 Å². The highest BCUT2D eigenvalue weighted by molar-refractivity contribution is 7.16. The van der Waals surface area contributed by atoms with Crippen LogP contribution in [0.1, 0.15) is 34.0 Å². The van der Waals surface area contributed by atoms with E-state index in [4.69, 9.17) is 11.6 Å². The molecular formula is C16H18ClNS. The highest BCUT2D eigenvalue weighted by Crippen LogP contribution is 2.39. The third-order valence-electron chi connectivity index (χ3n) is 3.89. The molecular weight excluding hydrogens is 274 g/mol. The second kappa shape index (κ2) is 5.66. The van der Waals surface area contributed by atoms with E-state index in [0.717, 1.165) is 17.3 Å². The lowest BCUT2D eigenvalue weighted by atomic mass is 10.1. The van der Waals surface area contributed by atoms with Crippen molar-refractivity contribution in [3.05, 3.63) is 56.2 Å². The number of benzene rings is 1. The first-order valence-corrected chi connectivity index (χ1v) is 7.99. The molecule has 2 aromatic rings. The maximum atomic E-state index is 6.09. The van der Waals surface area contributed by atoms with Crippen LogP contribution < -0.4 is 5.32 Å². The van der Waals surface area contributed by atoms with Gasteiger partial charge in [-0.05, 0) is 55.5 Å². The van der Waals surface area contributed by atoms with Crippen molar-refractivity contribution < 1.29 is 0 Å². The van der Waals surface area contributed by atoms with Gasteiger partial charge in [-0.15, -0.1) is 11.3 Å². The van der Waals surface area contributed by atoms with E-state index in [2.05, 4.69) is 42.6 Å². The van der Waals surface area contributed by atoms with Crippen molar-refractivity contribution in [2.75, 3.05) is 6.54 Å². The summed E-state index contributed by atoms with van der Waals surface area (Å²) in [5.41, 5.74) is 4.26. The van der Waals surface area contributed by atoms with Gasteiger partial charge in [0.25, 0.3) is 0 Å². The minimum Gasteiger partial charge on any atom is -0.310 e. The number of thiophene rings is 1. The summed E-state index contributed by atoms with van der Waals surface area (Å²) < 4.78 is 0.926. The molecule has 0 spiro atoms. The van der Waals surface area contributed by atoms with E-state index in [9.17, 15) is 0 Å². The summed E-state index contributed by atoms with van der Waals surface area (Å²) in [7, 11) is 0. The van der Waals surface area contributed by atoms with Gasteiger partial charge in [0.15, 0.2) is 0 Å². The van der Waals surface area contributed by atoms with Crippen molar-refractivity contribution in [2.24, 2.45) is 0 Å². The second-order valence-electron chi connectivity index (χ2n) is 5.15. The summed E-state index contributed by atoms with van der Waals surface area (Å²) in [6.45, 7) is 3.21. The van der Waals surface area contributed by atoms with Crippen LogP contribution in [-0.2, 0) is 12.8 Å². The predicted molar refractivity (Wildman–Crippen MR) is 83.3 cm³/mol. The summed E-state index contributed by atoms with van der Waals surface area (Å²) in [6.07, 6.45) is 3.48. The van der Waals surface area contributed by atoms with Crippen LogP contribution in [0, 0.1) is 6.92 Å². The number of nitrogens with one attached hydrogen (secondary N) is 1. The summed E-state index contributed by atoms with van der Waals surface area (Å²) in [6, 6.07) is 11.3. The Labute approximate surface area is 123 Å². The maximum absolute atomic E-state index is 6.09. The molecule has 1 N–H and O–H groups in total. The molecule has 1 atom stereocenters. The Bertz CT molecular complexity index is 576. The van der Waals surface area contributed by atoms with Gasteiger partial charge in [0, 0.05) is 10.9 Å². The third kappa shape index (κ3) is 2.86. The number of hydrogen-bond acceptors (Lipinski definition) is 2. The molecule has 0 aliphatic heterocycles. The quantitative estimate of drug-likeness (QED) is 0.873. The molecule has 0 radical (unpaired) electrons. The zero-order chi connectivity index (χ0) is 13.2. The van der Waals surface area contributed by atoms with E-state index in [-0.39, 0.29) is 0 Å². The summed E-state index contributed by atoms with van der Waals surface area (Å²) in [4.78, 5) is 1.47. The average Bonchev–Trinajstić information content (AvgIpc) is 2.92. The monoisotopic (exact) mass is 291 g/mol. The Balaban J connectivity index is 1.58. The normalized spacial score (nSPS) is 17.7. The fourth-order valence-corrected chi connectivity index (χ4v) is 4.17. The van der Waals surface area contributed by atoms with Crippen molar-refractivity contribution in [1.29, 1.82) is 0 Å². The molecule has 0 bridgehead atoms. The lowest BCUT2D eigenvalue weighted by Crippen LogP contribution is -2.21. The predicted octanol–water partition coefficient (Wildman–Crippen LogP) is 4.53. The lowest BCUT2D eigenvalue weighted by molar-refractivity contribution is 0.533. The first-order valence-electron chi connectivity index (χ1n) is 6.80. The molecule has 0 saturated heterocycles. The van der Waals surface area contributed by atoms with E-state index < -0.39 is 0 Å². The zero-order valence-electron chi connectivity index (χ0n) is 11.1. The van der Waals surface area contributed by atoms with Gasteiger partial charge in [-0.3, -0.25) is 0 Å². The lowest BCUT2D eigenvalue weighted by Gasteiger charge is -2.13. The highest BCUT2D eigenvalue weighted by Gasteiger charge is 2.24. The van der Waals surface area contributed by atoms with Crippen LogP contribution in [0.25, 0.3) is 0 Å². The Morgan fingerprint density at radius 3 is 3.05 bits per heavy atom. The zero-order valence-corrected chi connectivity index (χ0v) is 12.7. The molecule has 3 heteroatoms. The van der Waals surface area contributed by atoms with Gasteiger partial charge in [-0.2, -0.15) is 0 Å². The topological polar surface area (TPSA) is 12.0 Å². The number of fused-ring (bicyclic) bond motifs is 1. The van der Waals surface area contributed by atoms with E-state index in [1.165, 1.54) is 34.4 Å². The molecule has 3 rings (SSSR count). The molecule has 1 aromatic carbocycles. The van der Waals surface area contributed by atoms with Crippen molar-refractivity contribution >= 4 is 22.9 Å². The number of rotatable bonds is 4. The van der Waals surface area contributed by atoms with Crippen LogP contribution in [-0.4, -0.2) is 6.54 Å². The fraction of sp³-hybridized carbons (Fsp3) is 0.375. The van der Waals surface area contributed by atoms with Gasteiger partial charge in [0.2, 0.25) is 0 Å². The molecule has 0 saturated carbocycles.